The van der Waals surface area contributed by atoms with Crippen LogP contribution in [0.5, 0.6) is 0 Å². The maximum Gasteiger partial charge on any atom is 0.422 e. The fourth-order valence-electron chi connectivity index (χ4n) is 8.26. The van der Waals surface area contributed by atoms with E-state index in [1.165, 1.54) is 45.8 Å². The molecule has 2 unspecified atom stereocenters. The number of aromatic nitrogens is 2. The van der Waals surface area contributed by atoms with Crippen LogP contribution in [-0.2, 0) is 37.1 Å². The van der Waals surface area contributed by atoms with Gasteiger partial charge in [-0.25, -0.2) is 0 Å². The van der Waals surface area contributed by atoms with Gasteiger partial charge in [0.15, 0.2) is 11.2 Å². The highest BCUT2D eigenvalue weighted by Gasteiger charge is 2.57. The van der Waals surface area contributed by atoms with Crippen molar-refractivity contribution in [1.82, 2.24) is 19.8 Å². The maximum absolute atomic E-state index is 14.3. The number of aliphatic hydroxyl groups is 2. The highest BCUT2D eigenvalue weighted by atomic mass is 19.4. The van der Waals surface area contributed by atoms with Crippen LogP contribution in [0.3, 0.4) is 0 Å². The lowest BCUT2D eigenvalue weighted by atomic mass is 9.92. The third kappa shape index (κ3) is 11.5. The zero-order chi connectivity index (χ0) is 50.1. The molecule has 0 fully saturated rings. The fraction of sp³-hybridized carbons (Fsp3) is 0.231. The number of nitrogens with one attached hydrogen (secondary N) is 2. The van der Waals surface area contributed by atoms with Crippen LogP contribution in [0.15, 0.2) is 170 Å². The van der Waals surface area contributed by atoms with Gasteiger partial charge < -0.3 is 30.0 Å². The van der Waals surface area contributed by atoms with Gasteiger partial charge in [-0.15, -0.1) is 0 Å². The second-order valence-electron chi connectivity index (χ2n) is 16.8. The van der Waals surface area contributed by atoms with Crippen molar-refractivity contribution < 1.29 is 46.4 Å². The zero-order valence-electron chi connectivity index (χ0n) is 37.4. The summed E-state index contributed by atoms with van der Waals surface area (Å²) >= 11 is 0. The molecule has 0 saturated carbocycles. The number of nitro benzene ring substituents is 2. The Bertz CT molecular complexity index is 2820. The first-order chi connectivity index (χ1) is 33.4. The molecule has 0 bridgehead atoms. The quantitative estimate of drug-likeness (QED) is 0.0286. The molecule has 4 N–H and O–H groups in total. The summed E-state index contributed by atoms with van der Waals surface area (Å²) in [6.07, 6.45) is -6.49. The highest BCUT2D eigenvalue weighted by Crippen LogP contribution is 2.44. The van der Waals surface area contributed by atoms with E-state index in [0.717, 1.165) is 34.4 Å². The normalized spacial score (nSPS) is 13.6. The molecule has 0 spiro atoms. The first-order valence-corrected chi connectivity index (χ1v) is 22.1. The Morgan fingerprint density at radius 3 is 1.09 bits per heavy atom. The van der Waals surface area contributed by atoms with Crippen molar-refractivity contribution >= 4 is 33.2 Å². The molecule has 18 heteroatoms. The van der Waals surface area contributed by atoms with Crippen LogP contribution in [0.25, 0.3) is 21.8 Å². The van der Waals surface area contributed by atoms with Crippen molar-refractivity contribution in [2.75, 3.05) is 26.2 Å². The second-order valence-corrected chi connectivity index (χ2v) is 16.8. The Morgan fingerprint density at radius 2 is 0.786 bits per heavy atom. The number of alkyl halides is 6. The molecule has 8 rings (SSSR count). The minimum Gasteiger partial charge on any atom is -0.375 e. The first kappa shape index (κ1) is 50.5. The van der Waals surface area contributed by atoms with Gasteiger partial charge in [-0.2, -0.15) is 26.3 Å². The van der Waals surface area contributed by atoms with Crippen LogP contribution < -0.4 is 10.6 Å². The van der Waals surface area contributed by atoms with Gasteiger partial charge in [-0.05, 0) is 60.3 Å². The van der Waals surface area contributed by atoms with E-state index in [9.17, 15) is 56.8 Å². The molecular formula is C52H48F6N6O6. The van der Waals surface area contributed by atoms with Crippen LogP contribution >= 0.6 is 0 Å². The van der Waals surface area contributed by atoms with Gasteiger partial charge in [0.25, 0.3) is 11.4 Å². The van der Waals surface area contributed by atoms with Crippen molar-refractivity contribution in [3.63, 3.8) is 0 Å². The van der Waals surface area contributed by atoms with E-state index in [1.54, 1.807) is 24.3 Å². The predicted octanol–water partition coefficient (Wildman–Crippen LogP) is 10.4. The molecule has 12 nitrogen and oxygen atoms in total. The van der Waals surface area contributed by atoms with E-state index in [2.05, 4.69) is 10.6 Å². The van der Waals surface area contributed by atoms with Crippen molar-refractivity contribution in [3.8, 4) is 0 Å². The topological polar surface area (TPSA) is 161 Å². The molecule has 2 atom stereocenters. The van der Waals surface area contributed by atoms with Crippen molar-refractivity contribution in [3.05, 3.63) is 224 Å². The Hall–Kier alpha value is -7.38. The summed E-state index contributed by atoms with van der Waals surface area (Å²) in [5, 5.41) is 50.4. The van der Waals surface area contributed by atoms with Gasteiger partial charge in [0.2, 0.25) is 0 Å². The Balaban J connectivity index is 0.000000206. The summed E-state index contributed by atoms with van der Waals surface area (Å²) in [7, 11) is 0. The van der Waals surface area contributed by atoms with Gasteiger partial charge in [0.05, 0.1) is 20.9 Å². The molecule has 2 heterocycles. The van der Waals surface area contributed by atoms with E-state index in [-0.39, 0.29) is 70.5 Å². The van der Waals surface area contributed by atoms with Crippen LogP contribution in [0.4, 0.5) is 37.7 Å². The van der Waals surface area contributed by atoms with Crippen molar-refractivity contribution in [2.45, 2.75) is 49.5 Å². The third-order valence-corrected chi connectivity index (χ3v) is 12.0. The van der Waals surface area contributed by atoms with Gasteiger partial charge >= 0.3 is 12.4 Å². The molecule has 6 aromatic carbocycles. The molecule has 0 aliphatic carbocycles. The summed E-state index contributed by atoms with van der Waals surface area (Å²) in [6, 6.07) is 44.0. The van der Waals surface area contributed by atoms with E-state index in [1.807, 2.05) is 97.1 Å². The standard InChI is InChI=1S/2C26H24F3N3O3/c2*27-26(28,29)25(33,18-30-14-13-19-7-3-1-4-8-19)23-17-31(16-20-9-5-2-6-10-20)24-15-21(32(34)35)11-12-22(23)24/h2*1-12,15,17,30,33H,13-14,16,18H2. The highest BCUT2D eigenvalue weighted by molar-refractivity contribution is 5.88. The summed E-state index contributed by atoms with van der Waals surface area (Å²) in [4.78, 5) is 21.5. The number of benzene rings is 6. The molecule has 8 aromatic rings. The molecule has 364 valence electrons. The van der Waals surface area contributed by atoms with E-state index < -0.39 is 46.5 Å². The van der Waals surface area contributed by atoms with E-state index in [0.29, 0.717) is 12.8 Å². The first-order valence-electron chi connectivity index (χ1n) is 22.1. The number of non-ortho nitro benzene ring substituents is 2. The van der Waals surface area contributed by atoms with Crippen LogP contribution in [0.2, 0.25) is 0 Å². The summed E-state index contributed by atoms with van der Waals surface area (Å²) < 4.78 is 88.8. The van der Waals surface area contributed by atoms with E-state index >= 15 is 0 Å². The molecule has 0 saturated heterocycles. The van der Waals surface area contributed by atoms with Gasteiger partial charge in [-0.3, -0.25) is 20.2 Å². The lowest BCUT2D eigenvalue weighted by molar-refractivity contribution is -0.384. The number of fused-ring (bicyclic) bond motifs is 2. The molecule has 2 aromatic heterocycles. The molecule has 0 amide bonds. The van der Waals surface area contributed by atoms with Gasteiger partial charge in [0.1, 0.15) is 0 Å². The number of rotatable bonds is 18. The summed E-state index contributed by atoms with van der Waals surface area (Å²) in [5.74, 6) is 0. The number of hydrogen-bond donors (Lipinski definition) is 4. The lowest BCUT2D eigenvalue weighted by Gasteiger charge is -2.31. The summed E-state index contributed by atoms with van der Waals surface area (Å²) in [6.45, 7) is -0.676. The minimum atomic E-state index is -4.99. The van der Waals surface area contributed by atoms with Crippen LogP contribution in [0, 0.1) is 20.2 Å². The number of halogens is 6. The van der Waals surface area contributed by atoms with Crippen molar-refractivity contribution in [1.29, 1.82) is 0 Å². The smallest absolute Gasteiger partial charge is 0.375 e. The average molecular weight is 967 g/mol. The second kappa shape index (κ2) is 21.5. The number of hydrogen-bond acceptors (Lipinski definition) is 8. The molecule has 0 aliphatic heterocycles. The largest absolute Gasteiger partial charge is 0.422 e. The van der Waals surface area contributed by atoms with Crippen molar-refractivity contribution in [2.24, 2.45) is 0 Å². The minimum absolute atomic E-state index is 0.108. The Labute approximate surface area is 397 Å². The SMILES string of the molecule is O=[N+]([O-])c1ccc2c(C(O)(CNCCc3ccccc3)C(F)(F)F)cn(Cc3ccccc3)c2c1.O=[N+]([O-])c1ccc2c(C(O)(CNCCc3ccccc3)C(F)(F)F)cn(Cc3ccccc3)c2c1. The third-order valence-electron chi connectivity index (χ3n) is 12.0. The van der Waals surface area contributed by atoms with Crippen LogP contribution in [0.1, 0.15) is 33.4 Å². The molecule has 0 aliphatic rings. The Morgan fingerprint density at radius 1 is 0.471 bits per heavy atom. The monoisotopic (exact) mass is 966 g/mol. The fourth-order valence-corrected chi connectivity index (χ4v) is 8.26. The zero-order valence-corrected chi connectivity index (χ0v) is 37.4. The predicted molar refractivity (Wildman–Crippen MR) is 254 cm³/mol. The molecular weight excluding hydrogens is 919 g/mol. The summed E-state index contributed by atoms with van der Waals surface area (Å²) in [5.41, 5.74) is -3.56. The maximum atomic E-state index is 14.3. The average Bonchev–Trinajstić information content (AvgIpc) is 3.90. The molecule has 0 radical (unpaired) electrons. The molecule has 70 heavy (non-hydrogen) atoms. The van der Waals surface area contributed by atoms with Gasteiger partial charge in [0, 0.05) is 84.7 Å². The Kier molecular flexibility index (Phi) is 15.5. The van der Waals surface area contributed by atoms with E-state index in [4.69, 9.17) is 0 Å². The number of nitrogens with zero attached hydrogens (tertiary/aromatic N) is 4. The lowest BCUT2D eigenvalue weighted by Crippen LogP contribution is -2.50. The van der Waals surface area contributed by atoms with Gasteiger partial charge in [-0.1, -0.05) is 121 Å². The van der Waals surface area contributed by atoms with Crippen LogP contribution in [-0.4, -0.2) is 67.7 Å². The number of nitro groups is 2.